The van der Waals surface area contributed by atoms with Crippen LogP contribution in [0.4, 0.5) is 0 Å². The third kappa shape index (κ3) is 2.38. The van der Waals surface area contributed by atoms with E-state index >= 15 is 0 Å². The van der Waals surface area contributed by atoms with Gasteiger partial charge in [-0.25, -0.2) is 0 Å². The summed E-state index contributed by atoms with van der Waals surface area (Å²) in [6.45, 7) is 0.506. The Balaban J connectivity index is 2.32. The summed E-state index contributed by atoms with van der Waals surface area (Å²) in [7, 11) is 1.65. The molecule has 2 rings (SSSR count). The summed E-state index contributed by atoms with van der Waals surface area (Å²) in [6, 6.07) is 12.8. The summed E-state index contributed by atoms with van der Waals surface area (Å²) in [5, 5.41) is 9.20. The number of nitrogens with zero attached hydrogens (tertiary/aromatic N) is 1. The maximum atomic E-state index is 9.20. The molecule has 1 aromatic carbocycles. The number of aromatic hydroxyl groups is 1. The van der Waals surface area contributed by atoms with Gasteiger partial charge in [0, 0.05) is 12.7 Å². The molecule has 0 bridgehead atoms. The summed E-state index contributed by atoms with van der Waals surface area (Å²) < 4.78 is 5.04. The Labute approximate surface area is 94.3 Å². The molecular formula is C13H13NO2. The Morgan fingerprint density at radius 3 is 2.56 bits per heavy atom. The highest BCUT2D eigenvalue weighted by Crippen LogP contribution is 2.20. The molecule has 0 aliphatic heterocycles. The van der Waals surface area contributed by atoms with E-state index in [-0.39, 0.29) is 5.75 Å². The van der Waals surface area contributed by atoms with Crippen molar-refractivity contribution >= 4 is 0 Å². The number of phenolic OH excluding ortho intramolecular Hbond substituents is 1. The van der Waals surface area contributed by atoms with Gasteiger partial charge in [0.15, 0.2) is 0 Å². The molecule has 1 N–H and O–H groups in total. The van der Waals surface area contributed by atoms with Crippen LogP contribution >= 0.6 is 0 Å². The summed E-state index contributed by atoms with van der Waals surface area (Å²) >= 11 is 0. The molecule has 0 atom stereocenters. The molecule has 0 unspecified atom stereocenters. The van der Waals surface area contributed by atoms with Gasteiger partial charge in [-0.2, -0.15) is 0 Å². The second-order valence-corrected chi connectivity index (χ2v) is 3.49. The largest absolute Gasteiger partial charge is 0.508 e. The van der Waals surface area contributed by atoms with Gasteiger partial charge >= 0.3 is 0 Å². The van der Waals surface area contributed by atoms with E-state index in [9.17, 15) is 5.11 Å². The molecule has 16 heavy (non-hydrogen) atoms. The zero-order chi connectivity index (χ0) is 11.4. The SMILES string of the molecule is COCc1cccc(-c2ccc(O)cc2)n1. The number of aromatic nitrogens is 1. The Bertz CT molecular complexity index is 466. The zero-order valence-corrected chi connectivity index (χ0v) is 9.05. The number of phenols is 1. The summed E-state index contributed by atoms with van der Waals surface area (Å²) in [4.78, 5) is 4.46. The third-order valence-corrected chi connectivity index (χ3v) is 2.26. The first-order valence-electron chi connectivity index (χ1n) is 5.04. The highest BCUT2D eigenvalue weighted by atomic mass is 16.5. The lowest BCUT2D eigenvalue weighted by atomic mass is 10.1. The lowest BCUT2D eigenvalue weighted by Crippen LogP contribution is -1.93. The lowest BCUT2D eigenvalue weighted by Gasteiger charge is -2.04. The van der Waals surface area contributed by atoms with Gasteiger partial charge in [0.05, 0.1) is 18.0 Å². The van der Waals surface area contributed by atoms with Crippen molar-refractivity contribution in [2.45, 2.75) is 6.61 Å². The van der Waals surface area contributed by atoms with E-state index in [1.165, 1.54) is 0 Å². The van der Waals surface area contributed by atoms with E-state index in [0.717, 1.165) is 17.0 Å². The van der Waals surface area contributed by atoms with Crippen LogP contribution in [0.1, 0.15) is 5.69 Å². The van der Waals surface area contributed by atoms with Crippen molar-refractivity contribution in [1.82, 2.24) is 4.98 Å². The Kier molecular flexibility index (Phi) is 3.17. The number of hydrogen-bond donors (Lipinski definition) is 1. The normalized spacial score (nSPS) is 10.3. The van der Waals surface area contributed by atoms with E-state index in [1.54, 1.807) is 19.2 Å². The van der Waals surface area contributed by atoms with Crippen molar-refractivity contribution in [3.8, 4) is 17.0 Å². The molecule has 0 saturated heterocycles. The third-order valence-electron chi connectivity index (χ3n) is 2.26. The molecule has 3 heteroatoms. The molecule has 1 heterocycles. The number of methoxy groups -OCH3 is 1. The maximum Gasteiger partial charge on any atom is 0.115 e. The zero-order valence-electron chi connectivity index (χ0n) is 9.05. The minimum atomic E-state index is 0.261. The molecule has 2 aromatic rings. The molecule has 0 saturated carbocycles. The predicted octanol–water partition coefficient (Wildman–Crippen LogP) is 2.60. The van der Waals surface area contributed by atoms with E-state index in [0.29, 0.717) is 6.61 Å². The second-order valence-electron chi connectivity index (χ2n) is 3.49. The topological polar surface area (TPSA) is 42.4 Å². The fourth-order valence-corrected chi connectivity index (χ4v) is 1.50. The summed E-state index contributed by atoms with van der Waals surface area (Å²) in [5.41, 5.74) is 2.76. The summed E-state index contributed by atoms with van der Waals surface area (Å²) in [6.07, 6.45) is 0. The van der Waals surface area contributed by atoms with Crippen LogP contribution in [0.3, 0.4) is 0 Å². The fourth-order valence-electron chi connectivity index (χ4n) is 1.50. The van der Waals surface area contributed by atoms with Crippen LogP contribution in [0.5, 0.6) is 5.75 Å². The van der Waals surface area contributed by atoms with Crippen LogP contribution in [0.2, 0.25) is 0 Å². The Morgan fingerprint density at radius 1 is 1.12 bits per heavy atom. The van der Waals surface area contributed by atoms with Crippen LogP contribution in [0.15, 0.2) is 42.5 Å². The first-order valence-corrected chi connectivity index (χ1v) is 5.04. The van der Waals surface area contributed by atoms with Gasteiger partial charge in [0.25, 0.3) is 0 Å². The van der Waals surface area contributed by atoms with Crippen molar-refractivity contribution in [1.29, 1.82) is 0 Å². The smallest absolute Gasteiger partial charge is 0.115 e. The van der Waals surface area contributed by atoms with Crippen LogP contribution in [-0.2, 0) is 11.3 Å². The number of pyridine rings is 1. The lowest BCUT2D eigenvalue weighted by molar-refractivity contribution is 0.181. The van der Waals surface area contributed by atoms with Crippen molar-refractivity contribution in [2.24, 2.45) is 0 Å². The van der Waals surface area contributed by atoms with Gasteiger partial charge in [0.1, 0.15) is 5.75 Å². The average Bonchev–Trinajstić information content (AvgIpc) is 2.31. The molecule has 0 fully saturated rings. The quantitative estimate of drug-likeness (QED) is 0.855. The second kappa shape index (κ2) is 4.77. The average molecular weight is 215 g/mol. The standard InChI is InChI=1S/C13H13NO2/c1-16-9-11-3-2-4-13(14-11)10-5-7-12(15)8-6-10/h2-8,15H,9H2,1H3. The number of rotatable bonds is 3. The van der Waals surface area contributed by atoms with Crippen molar-refractivity contribution < 1.29 is 9.84 Å². The highest BCUT2D eigenvalue weighted by molar-refractivity contribution is 5.59. The van der Waals surface area contributed by atoms with Crippen LogP contribution in [-0.4, -0.2) is 17.2 Å². The minimum absolute atomic E-state index is 0.261. The summed E-state index contributed by atoms with van der Waals surface area (Å²) in [5.74, 6) is 0.261. The van der Waals surface area contributed by atoms with Gasteiger partial charge in [0.2, 0.25) is 0 Å². The van der Waals surface area contributed by atoms with Crippen molar-refractivity contribution in [2.75, 3.05) is 7.11 Å². The number of ether oxygens (including phenoxy) is 1. The van der Waals surface area contributed by atoms with E-state index in [2.05, 4.69) is 4.98 Å². The Morgan fingerprint density at radius 2 is 1.88 bits per heavy atom. The molecule has 3 nitrogen and oxygen atoms in total. The van der Waals surface area contributed by atoms with E-state index in [1.807, 2.05) is 30.3 Å². The Hall–Kier alpha value is -1.87. The van der Waals surface area contributed by atoms with Crippen LogP contribution < -0.4 is 0 Å². The van der Waals surface area contributed by atoms with Crippen LogP contribution in [0.25, 0.3) is 11.3 Å². The monoisotopic (exact) mass is 215 g/mol. The fraction of sp³-hybridized carbons (Fsp3) is 0.154. The van der Waals surface area contributed by atoms with E-state index in [4.69, 9.17) is 4.74 Å². The molecule has 82 valence electrons. The molecule has 0 aliphatic rings. The van der Waals surface area contributed by atoms with Gasteiger partial charge in [-0.1, -0.05) is 6.07 Å². The van der Waals surface area contributed by atoms with E-state index < -0.39 is 0 Å². The molecule has 0 radical (unpaired) electrons. The molecule has 0 spiro atoms. The van der Waals surface area contributed by atoms with Gasteiger partial charge in [-0.3, -0.25) is 4.98 Å². The minimum Gasteiger partial charge on any atom is -0.508 e. The van der Waals surface area contributed by atoms with Crippen molar-refractivity contribution in [3.63, 3.8) is 0 Å². The molecule has 0 amide bonds. The molecule has 1 aromatic heterocycles. The van der Waals surface area contributed by atoms with Crippen molar-refractivity contribution in [3.05, 3.63) is 48.2 Å². The highest BCUT2D eigenvalue weighted by Gasteiger charge is 2.00. The predicted molar refractivity (Wildman–Crippen MR) is 62.1 cm³/mol. The van der Waals surface area contributed by atoms with Gasteiger partial charge in [-0.15, -0.1) is 0 Å². The number of benzene rings is 1. The molecular weight excluding hydrogens is 202 g/mol. The first kappa shape index (κ1) is 10.6. The molecule has 0 aliphatic carbocycles. The van der Waals surface area contributed by atoms with Gasteiger partial charge in [-0.05, 0) is 36.4 Å². The first-order chi connectivity index (χ1) is 7.79. The van der Waals surface area contributed by atoms with Crippen LogP contribution in [0, 0.1) is 0 Å². The van der Waals surface area contributed by atoms with Gasteiger partial charge < -0.3 is 9.84 Å². The number of hydrogen-bond acceptors (Lipinski definition) is 3. The maximum absolute atomic E-state index is 9.20.